The molecular formula is C10H10F3N3O3. The van der Waals surface area contributed by atoms with Gasteiger partial charge in [-0.1, -0.05) is 0 Å². The van der Waals surface area contributed by atoms with Crippen molar-refractivity contribution in [1.82, 2.24) is 5.43 Å². The lowest BCUT2D eigenvalue weighted by molar-refractivity contribution is -0.274. The summed E-state index contributed by atoms with van der Waals surface area (Å²) in [5.41, 5.74) is 6.92. The summed E-state index contributed by atoms with van der Waals surface area (Å²) in [6, 6.07) is 4.37. The zero-order valence-electron chi connectivity index (χ0n) is 9.36. The van der Waals surface area contributed by atoms with Gasteiger partial charge in [0.1, 0.15) is 5.75 Å². The van der Waals surface area contributed by atoms with Crippen molar-refractivity contribution >= 4 is 11.7 Å². The first kappa shape index (κ1) is 14.6. The summed E-state index contributed by atoms with van der Waals surface area (Å²) in [5.74, 6) is 3.15. The van der Waals surface area contributed by atoms with Crippen LogP contribution in [0.15, 0.2) is 30.0 Å². The number of hydrogen-bond donors (Lipinski definition) is 4. The Bertz CT molecular complexity index is 497. The molecular weight excluding hydrogens is 267 g/mol. The highest BCUT2D eigenvalue weighted by Gasteiger charge is 2.31. The van der Waals surface area contributed by atoms with Gasteiger partial charge in [-0.05, 0) is 24.3 Å². The number of nitrogens with one attached hydrogen (secondary N) is 1. The van der Waals surface area contributed by atoms with Gasteiger partial charge in [0.25, 0.3) is 0 Å². The minimum absolute atomic E-state index is 0.185. The van der Waals surface area contributed by atoms with Gasteiger partial charge < -0.3 is 21.0 Å². The fraction of sp³-hybridized carbons (Fsp3) is 0.100. The topological polar surface area (TPSA) is 111 Å². The minimum Gasteiger partial charge on any atom is -0.476 e. The number of hydrazine groups is 1. The third-order valence-corrected chi connectivity index (χ3v) is 2.03. The van der Waals surface area contributed by atoms with Gasteiger partial charge in [0.05, 0.1) is 5.70 Å². The molecule has 0 aliphatic heterocycles. The molecule has 0 unspecified atom stereocenters. The maximum Gasteiger partial charge on any atom is 0.573 e. The predicted octanol–water partition coefficient (Wildman–Crippen LogP) is 0.760. The number of rotatable bonds is 4. The molecule has 0 saturated carbocycles. The largest absolute Gasteiger partial charge is 0.573 e. The van der Waals surface area contributed by atoms with Crippen LogP contribution in [0.5, 0.6) is 5.75 Å². The summed E-state index contributed by atoms with van der Waals surface area (Å²) in [6.45, 7) is 0. The predicted molar refractivity (Wildman–Crippen MR) is 59.2 cm³/mol. The summed E-state index contributed by atoms with van der Waals surface area (Å²) in [4.78, 5) is 10.7. The molecule has 0 aliphatic rings. The van der Waals surface area contributed by atoms with Gasteiger partial charge in [-0.2, -0.15) is 0 Å². The van der Waals surface area contributed by atoms with Crippen molar-refractivity contribution in [2.24, 2.45) is 11.6 Å². The zero-order valence-corrected chi connectivity index (χ0v) is 9.36. The van der Waals surface area contributed by atoms with Crippen molar-refractivity contribution in [1.29, 1.82) is 0 Å². The van der Waals surface area contributed by atoms with Crippen LogP contribution in [0.4, 0.5) is 13.2 Å². The van der Waals surface area contributed by atoms with Crippen molar-refractivity contribution < 1.29 is 27.8 Å². The number of nitrogens with two attached hydrogens (primary N) is 2. The molecule has 0 fully saturated rings. The Morgan fingerprint density at radius 3 is 2.16 bits per heavy atom. The second kappa shape index (κ2) is 5.48. The highest BCUT2D eigenvalue weighted by molar-refractivity contribution is 5.94. The van der Waals surface area contributed by atoms with E-state index in [0.717, 1.165) is 12.1 Å². The molecule has 1 aromatic rings. The van der Waals surface area contributed by atoms with Crippen molar-refractivity contribution in [2.75, 3.05) is 0 Å². The normalized spacial score (nSPS) is 12.6. The van der Waals surface area contributed by atoms with Crippen LogP contribution < -0.4 is 21.7 Å². The molecule has 1 aromatic carbocycles. The van der Waals surface area contributed by atoms with Crippen LogP contribution >= 0.6 is 0 Å². The first-order valence-electron chi connectivity index (χ1n) is 4.80. The SMILES string of the molecule is NN/C(C(=O)O)=C(\N)c1ccc(OC(F)(F)F)cc1. The van der Waals surface area contributed by atoms with E-state index in [2.05, 4.69) is 4.74 Å². The van der Waals surface area contributed by atoms with Crippen LogP contribution in [0.2, 0.25) is 0 Å². The monoisotopic (exact) mass is 277 g/mol. The highest BCUT2D eigenvalue weighted by Crippen LogP contribution is 2.24. The number of halogens is 3. The van der Waals surface area contributed by atoms with Gasteiger partial charge in [0, 0.05) is 5.56 Å². The Kier molecular flexibility index (Phi) is 4.22. The van der Waals surface area contributed by atoms with Gasteiger partial charge in [0.2, 0.25) is 0 Å². The fourth-order valence-corrected chi connectivity index (χ4v) is 1.24. The second-order valence-electron chi connectivity index (χ2n) is 3.31. The molecule has 6 nitrogen and oxygen atoms in total. The van der Waals surface area contributed by atoms with Crippen LogP contribution in [0.25, 0.3) is 5.70 Å². The number of carboxylic acids is 1. The number of carboxylic acid groups (broad SMARTS) is 1. The second-order valence-corrected chi connectivity index (χ2v) is 3.31. The van der Waals surface area contributed by atoms with Crippen LogP contribution in [-0.4, -0.2) is 17.4 Å². The molecule has 9 heteroatoms. The first-order valence-corrected chi connectivity index (χ1v) is 4.80. The smallest absolute Gasteiger partial charge is 0.476 e. The van der Waals surface area contributed by atoms with Gasteiger partial charge in [0.15, 0.2) is 5.70 Å². The Hall–Kier alpha value is -2.42. The summed E-state index contributed by atoms with van der Waals surface area (Å²) >= 11 is 0. The Morgan fingerprint density at radius 2 is 1.79 bits per heavy atom. The molecule has 0 aromatic heterocycles. The average molecular weight is 277 g/mol. The number of hydrogen-bond acceptors (Lipinski definition) is 5. The average Bonchev–Trinajstić information content (AvgIpc) is 2.28. The van der Waals surface area contributed by atoms with Gasteiger partial charge in [-0.15, -0.1) is 13.2 Å². The molecule has 0 bridgehead atoms. The van der Waals surface area contributed by atoms with E-state index < -0.39 is 23.8 Å². The number of ether oxygens (including phenoxy) is 1. The molecule has 0 spiro atoms. The van der Waals surface area contributed by atoms with Gasteiger partial charge in [-0.25, -0.2) is 4.79 Å². The van der Waals surface area contributed by atoms with Gasteiger partial charge >= 0.3 is 12.3 Å². The summed E-state index contributed by atoms with van der Waals surface area (Å²) in [6.07, 6.45) is -4.80. The Morgan fingerprint density at radius 1 is 1.26 bits per heavy atom. The van der Waals surface area contributed by atoms with E-state index in [-0.39, 0.29) is 11.3 Å². The summed E-state index contributed by atoms with van der Waals surface area (Å²) in [7, 11) is 0. The van der Waals surface area contributed by atoms with Crippen LogP contribution in [-0.2, 0) is 4.79 Å². The quantitative estimate of drug-likeness (QED) is 0.367. The van der Waals surface area contributed by atoms with Crippen LogP contribution in [0, 0.1) is 0 Å². The molecule has 0 saturated heterocycles. The van der Waals surface area contributed by atoms with Crippen molar-refractivity contribution in [3.63, 3.8) is 0 Å². The van der Waals surface area contributed by atoms with Crippen molar-refractivity contribution in [3.8, 4) is 5.75 Å². The molecule has 104 valence electrons. The van der Waals surface area contributed by atoms with E-state index in [9.17, 15) is 18.0 Å². The fourth-order valence-electron chi connectivity index (χ4n) is 1.24. The maximum atomic E-state index is 11.9. The molecule has 19 heavy (non-hydrogen) atoms. The standard InChI is InChI=1S/C10H10F3N3O3/c11-10(12,13)19-6-3-1-5(2-4-6)7(14)8(16-15)9(17)18/h1-4,16H,14-15H2,(H,17,18)/b8-7-. The minimum atomic E-state index is -4.80. The first-order chi connectivity index (χ1) is 8.74. The number of aliphatic carboxylic acids is 1. The van der Waals surface area contributed by atoms with E-state index in [1.165, 1.54) is 12.1 Å². The Balaban J connectivity index is 3.02. The number of benzene rings is 1. The number of carbonyl (C=O) groups is 1. The molecule has 0 heterocycles. The van der Waals surface area contributed by atoms with E-state index in [4.69, 9.17) is 16.7 Å². The van der Waals surface area contributed by atoms with E-state index in [1.54, 1.807) is 0 Å². The molecule has 1 rings (SSSR count). The zero-order chi connectivity index (χ0) is 14.6. The van der Waals surface area contributed by atoms with Crippen molar-refractivity contribution in [2.45, 2.75) is 6.36 Å². The van der Waals surface area contributed by atoms with Gasteiger partial charge in [-0.3, -0.25) is 5.84 Å². The molecule has 6 N–H and O–H groups in total. The molecule has 0 amide bonds. The lowest BCUT2D eigenvalue weighted by Gasteiger charge is -2.10. The molecule has 0 atom stereocenters. The summed E-state index contributed by atoms with van der Waals surface area (Å²) < 4.78 is 39.4. The van der Waals surface area contributed by atoms with Crippen LogP contribution in [0.1, 0.15) is 5.56 Å². The third kappa shape index (κ3) is 4.07. The molecule has 0 radical (unpaired) electrons. The van der Waals surface area contributed by atoms with E-state index in [1.807, 2.05) is 5.43 Å². The lowest BCUT2D eigenvalue weighted by Crippen LogP contribution is -2.29. The van der Waals surface area contributed by atoms with E-state index >= 15 is 0 Å². The van der Waals surface area contributed by atoms with E-state index in [0.29, 0.717) is 0 Å². The lowest BCUT2D eigenvalue weighted by atomic mass is 10.1. The Labute approximate surface area is 105 Å². The highest BCUT2D eigenvalue weighted by atomic mass is 19.4. The van der Waals surface area contributed by atoms with Crippen molar-refractivity contribution in [3.05, 3.63) is 35.5 Å². The maximum absolute atomic E-state index is 11.9. The third-order valence-electron chi connectivity index (χ3n) is 2.03. The van der Waals surface area contributed by atoms with Crippen LogP contribution in [0.3, 0.4) is 0 Å². The summed E-state index contributed by atoms with van der Waals surface area (Å²) in [5, 5.41) is 8.76. The molecule has 0 aliphatic carbocycles. The number of alkyl halides is 3.